The van der Waals surface area contributed by atoms with Crippen LogP contribution in [-0.2, 0) is 5.41 Å². The number of rotatable bonds is 5. The fraction of sp³-hybridized carbons (Fsp3) is 0.562. The zero-order chi connectivity index (χ0) is 14.6. The van der Waals surface area contributed by atoms with E-state index in [2.05, 4.69) is 24.2 Å². The van der Waals surface area contributed by atoms with E-state index in [-0.39, 0.29) is 35.2 Å². The van der Waals surface area contributed by atoms with Crippen molar-refractivity contribution in [2.24, 2.45) is 16.6 Å². The molecule has 0 radical (unpaired) electrons. The van der Waals surface area contributed by atoms with E-state index in [0.29, 0.717) is 18.4 Å². The van der Waals surface area contributed by atoms with Crippen LogP contribution in [0.15, 0.2) is 29.3 Å². The highest BCUT2D eigenvalue weighted by atomic mass is 127. The van der Waals surface area contributed by atoms with Crippen molar-refractivity contribution in [3.05, 3.63) is 35.6 Å². The SMILES string of the molecule is CC(C)CNC(N)=NCC1(c2ccc(F)cc2)CCC1.I. The van der Waals surface area contributed by atoms with E-state index in [0.717, 1.165) is 19.4 Å². The van der Waals surface area contributed by atoms with Crippen molar-refractivity contribution in [1.82, 2.24) is 5.32 Å². The van der Waals surface area contributed by atoms with Crippen LogP contribution < -0.4 is 11.1 Å². The average Bonchev–Trinajstić information content (AvgIpc) is 2.37. The Hall–Kier alpha value is -0.850. The first-order valence-electron chi connectivity index (χ1n) is 7.32. The third-order valence-electron chi connectivity index (χ3n) is 4.01. The van der Waals surface area contributed by atoms with Crippen LogP contribution >= 0.6 is 24.0 Å². The zero-order valence-corrected chi connectivity index (χ0v) is 15.1. The van der Waals surface area contributed by atoms with Gasteiger partial charge in [-0.25, -0.2) is 4.39 Å². The standard InChI is InChI=1S/C16H24FN3.HI/c1-12(2)10-19-15(18)20-11-16(8-3-9-16)13-4-6-14(17)7-5-13;/h4-7,12H,3,8-11H2,1-2H3,(H3,18,19,20);1H. The number of guanidine groups is 1. The monoisotopic (exact) mass is 405 g/mol. The lowest BCUT2D eigenvalue weighted by atomic mass is 9.64. The zero-order valence-electron chi connectivity index (χ0n) is 12.7. The van der Waals surface area contributed by atoms with E-state index < -0.39 is 0 Å². The van der Waals surface area contributed by atoms with Crippen LogP contribution in [0.25, 0.3) is 0 Å². The summed E-state index contributed by atoms with van der Waals surface area (Å²) in [4.78, 5) is 4.48. The molecule has 1 fully saturated rings. The lowest BCUT2D eigenvalue weighted by Gasteiger charge is -2.41. The molecular weight excluding hydrogens is 380 g/mol. The molecule has 3 nitrogen and oxygen atoms in total. The second kappa shape index (κ2) is 7.96. The summed E-state index contributed by atoms with van der Waals surface area (Å²) < 4.78 is 13.0. The molecule has 1 aromatic rings. The van der Waals surface area contributed by atoms with Gasteiger partial charge in [-0.1, -0.05) is 32.4 Å². The van der Waals surface area contributed by atoms with Gasteiger partial charge in [-0.05, 0) is 36.5 Å². The van der Waals surface area contributed by atoms with Gasteiger partial charge in [0.2, 0.25) is 0 Å². The minimum Gasteiger partial charge on any atom is -0.370 e. The Morgan fingerprint density at radius 1 is 1.33 bits per heavy atom. The number of hydrogen-bond acceptors (Lipinski definition) is 1. The van der Waals surface area contributed by atoms with Crippen molar-refractivity contribution >= 4 is 29.9 Å². The summed E-state index contributed by atoms with van der Waals surface area (Å²) in [5.74, 6) is 0.857. The molecule has 2 rings (SSSR count). The summed E-state index contributed by atoms with van der Waals surface area (Å²) in [6.07, 6.45) is 3.39. The highest BCUT2D eigenvalue weighted by Gasteiger charge is 2.38. The number of nitrogens with zero attached hydrogens (tertiary/aromatic N) is 1. The minimum atomic E-state index is -0.190. The topological polar surface area (TPSA) is 50.4 Å². The molecule has 0 amide bonds. The normalized spacial score (nSPS) is 17.0. The predicted molar refractivity (Wildman–Crippen MR) is 96.7 cm³/mol. The Labute approximate surface area is 143 Å². The van der Waals surface area contributed by atoms with Gasteiger partial charge < -0.3 is 11.1 Å². The molecule has 1 aliphatic rings. The maximum absolute atomic E-state index is 13.0. The van der Waals surface area contributed by atoms with Crippen LogP contribution in [0.1, 0.15) is 38.7 Å². The third-order valence-corrected chi connectivity index (χ3v) is 4.01. The second-order valence-corrected chi connectivity index (χ2v) is 6.12. The number of benzene rings is 1. The van der Waals surface area contributed by atoms with Gasteiger partial charge in [0.15, 0.2) is 5.96 Å². The maximum atomic E-state index is 13.0. The van der Waals surface area contributed by atoms with Crippen LogP contribution in [-0.4, -0.2) is 19.0 Å². The summed E-state index contributed by atoms with van der Waals surface area (Å²) in [7, 11) is 0. The highest BCUT2D eigenvalue weighted by molar-refractivity contribution is 14.0. The van der Waals surface area contributed by atoms with E-state index >= 15 is 0 Å². The summed E-state index contributed by atoms with van der Waals surface area (Å²) in [5.41, 5.74) is 7.11. The van der Waals surface area contributed by atoms with E-state index in [4.69, 9.17) is 5.73 Å². The fourth-order valence-corrected chi connectivity index (χ4v) is 2.55. The smallest absolute Gasteiger partial charge is 0.188 e. The van der Waals surface area contributed by atoms with Crippen molar-refractivity contribution in [2.45, 2.75) is 38.5 Å². The Balaban J connectivity index is 0.00000220. The molecule has 0 saturated heterocycles. The number of halogens is 2. The van der Waals surface area contributed by atoms with E-state index in [1.807, 2.05) is 12.1 Å². The van der Waals surface area contributed by atoms with Crippen molar-refractivity contribution < 1.29 is 4.39 Å². The van der Waals surface area contributed by atoms with Gasteiger partial charge in [0.25, 0.3) is 0 Å². The van der Waals surface area contributed by atoms with Crippen molar-refractivity contribution in [1.29, 1.82) is 0 Å². The highest BCUT2D eigenvalue weighted by Crippen LogP contribution is 2.43. The summed E-state index contributed by atoms with van der Waals surface area (Å²) in [6.45, 7) is 5.77. The first kappa shape index (κ1) is 18.2. The van der Waals surface area contributed by atoms with Gasteiger partial charge in [0.05, 0.1) is 6.54 Å². The molecule has 1 aliphatic carbocycles. The Bertz CT molecular complexity index is 467. The van der Waals surface area contributed by atoms with Crippen LogP contribution in [0.3, 0.4) is 0 Å². The fourth-order valence-electron chi connectivity index (χ4n) is 2.55. The van der Waals surface area contributed by atoms with Gasteiger partial charge >= 0.3 is 0 Å². The van der Waals surface area contributed by atoms with Crippen molar-refractivity contribution in [2.75, 3.05) is 13.1 Å². The molecule has 0 aromatic heterocycles. The van der Waals surface area contributed by atoms with Gasteiger partial charge in [-0.2, -0.15) is 0 Å². The first-order valence-corrected chi connectivity index (χ1v) is 7.32. The van der Waals surface area contributed by atoms with Gasteiger partial charge in [-0.3, -0.25) is 4.99 Å². The molecule has 0 spiro atoms. The molecule has 0 bridgehead atoms. The van der Waals surface area contributed by atoms with Crippen LogP contribution in [0.4, 0.5) is 4.39 Å². The molecule has 21 heavy (non-hydrogen) atoms. The largest absolute Gasteiger partial charge is 0.370 e. The molecule has 0 atom stereocenters. The second-order valence-electron chi connectivity index (χ2n) is 6.12. The lowest BCUT2D eigenvalue weighted by Crippen LogP contribution is -2.40. The van der Waals surface area contributed by atoms with E-state index in [1.54, 1.807) is 0 Å². The summed E-state index contributed by atoms with van der Waals surface area (Å²) >= 11 is 0. The van der Waals surface area contributed by atoms with Crippen molar-refractivity contribution in [3.63, 3.8) is 0 Å². The van der Waals surface area contributed by atoms with E-state index in [1.165, 1.54) is 24.1 Å². The minimum absolute atomic E-state index is 0. The molecule has 0 aliphatic heterocycles. The summed E-state index contributed by atoms with van der Waals surface area (Å²) in [5, 5.41) is 3.13. The van der Waals surface area contributed by atoms with Crippen LogP contribution in [0.5, 0.6) is 0 Å². The van der Waals surface area contributed by atoms with Crippen LogP contribution in [0, 0.1) is 11.7 Å². The molecule has 5 heteroatoms. The molecule has 0 unspecified atom stereocenters. The first-order chi connectivity index (χ1) is 9.52. The number of nitrogens with one attached hydrogen (secondary N) is 1. The van der Waals surface area contributed by atoms with E-state index in [9.17, 15) is 4.39 Å². The Kier molecular flexibility index (Phi) is 6.90. The van der Waals surface area contributed by atoms with Gasteiger partial charge in [-0.15, -0.1) is 24.0 Å². The molecule has 1 aromatic carbocycles. The Morgan fingerprint density at radius 2 is 1.95 bits per heavy atom. The average molecular weight is 405 g/mol. The molecule has 0 heterocycles. The van der Waals surface area contributed by atoms with Gasteiger partial charge in [0, 0.05) is 12.0 Å². The lowest BCUT2D eigenvalue weighted by molar-refractivity contribution is 0.253. The third kappa shape index (κ3) is 4.83. The molecule has 3 N–H and O–H groups in total. The predicted octanol–water partition coefficient (Wildman–Crippen LogP) is 3.43. The molecule has 118 valence electrons. The Morgan fingerprint density at radius 3 is 2.43 bits per heavy atom. The molecular formula is C16H25FIN3. The van der Waals surface area contributed by atoms with Gasteiger partial charge in [0.1, 0.15) is 5.82 Å². The summed E-state index contributed by atoms with van der Waals surface area (Å²) in [6, 6.07) is 6.81. The molecule has 1 saturated carbocycles. The van der Waals surface area contributed by atoms with Crippen molar-refractivity contribution in [3.8, 4) is 0 Å². The van der Waals surface area contributed by atoms with Crippen LogP contribution in [0.2, 0.25) is 0 Å². The number of hydrogen-bond donors (Lipinski definition) is 2. The number of aliphatic imine (C=N–C) groups is 1. The quantitative estimate of drug-likeness (QED) is 0.448. The maximum Gasteiger partial charge on any atom is 0.188 e. The number of nitrogens with two attached hydrogens (primary N) is 1.